The maximum atomic E-state index is 13.1. The molecule has 1 saturated heterocycles. The summed E-state index contributed by atoms with van der Waals surface area (Å²) in [5.74, 6) is -0.566. The molecular weight excluding hydrogens is 494 g/mol. The number of hydrogen-bond donors (Lipinski definition) is 2. The molecule has 0 bridgehead atoms. The topological polar surface area (TPSA) is 111 Å². The third kappa shape index (κ3) is 3.77. The molecule has 4 aromatic heterocycles. The number of nitrogens with zero attached hydrogens (tertiary/aromatic N) is 5. The molecule has 2 amide bonds. The number of amides is 2. The monoisotopic (exact) mass is 523 g/mol. The predicted octanol–water partition coefficient (Wildman–Crippen LogP) is 3.68. The number of aromatic nitrogens is 4. The second-order valence-electron chi connectivity index (χ2n) is 9.87. The molecule has 2 aliphatic rings. The molecule has 0 atom stereocenters. The molecule has 6 rings (SSSR count). The van der Waals surface area contributed by atoms with Crippen LogP contribution in [0, 0.1) is 6.92 Å². The van der Waals surface area contributed by atoms with Crippen LogP contribution in [0.25, 0.3) is 25.8 Å². The molecule has 36 heavy (non-hydrogen) atoms. The fraction of sp³-hybridized carbons (Fsp3) is 0.440. The van der Waals surface area contributed by atoms with Crippen molar-refractivity contribution in [2.24, 2.45) is 12.8 Å². The Hall–Kier alpha value is -3.02. The summed E-state index contributed by atoms with van der Waals surface area (Å²) < 4.78 is 3.50. The van der Waals surface area contributed by atoms with Gasteiger partial charge in [-0.3, -0.25) is 19.2 Å². The zero-order valence-corrected chi connectivity index (χ0v) is 22.0. The molecule has 5 heterocycles. The summed E-state index contributed by atoms with van der Waals surface area (Å²) in [5.41, 5.74) is 9.16. The molecular formula is C25H29N7O2S2. The Balaban J connectivity index is 1.28. The lowest BCUT2D eigenvalue weighted by Crippen LogP contribution is -2.51. The fourth-order valence-corrected chi connectivity index (χ4v) is 8.03. The molecule has 0 aromatic carbocycles. The van der Waals surface area contributed by atoms with Crippen molar-refractivity contribution in [3.63, 3.8) is 0 Å². The highest BCUT2D eigenvalue weighted by molar-refractivity contribution is 7.22. The zero-order chi connectivity index (χ0) is 25.0. The highest BCUT2D eigenvalue weighted by Gasteiger charge is 2.44. The van der Waals surface area contributed by atoms with E-state index in [1.165, 1.54) is 61.0 Å². The molecule has 3 N–H and O–H groups in total. The molecule has 1 aliphatic heterocycles. The highest BCUT2D eigenvalue weighted by Crippen LogP contribution is 2.45. The lowest BCUT2D eigenvalue weighted by Gasteiger charge is -2.46. The second kappa shape index (κ2) is 8.82. The number of nitrogens with one attached hydrogen (secondary N) is 1. The summed E-state index contributed by atoms with van der Waals surface area (Å²) >= 11 is 2.90. The van der Waals surface area contributed by atoms with Crippen molar-refractivity contribution in [3.8, 4) is 21.0 Å². The maximum absolute atomic E-state index is 13.1. The van der Waals surface area contributed by atoms with Crippen molar-refractivity contribution < 1.29 is 9.59 Å². The summed E-state index contributed by atoms with van der Waals surface area (Å²) in [6.45, 7) is 4.70. The van der Waals surface area contributed by atoms with Crippen molar-refractivity contribution in [2.45, 2.75) is 44.6 Å². The minimum absolute atomic E-state index is 0.0519. The molecule has 0 radical (unpaired) electrons. The Labute approximate surface area is 216 Å². The average Bonchev–Trinajstić information content (AvgIpc) is 3.60. The normalized spacial score (nSPS) is 17.2. The number of primary amides is 1. The van der Waals surface area contributed by atoms with E-state index in [4.69, 9.17) is 5.73 Å². The number of nitrogens with two attached hydrogens (primary N) is 1. The van der Waals surface area contributed by atoms with Crippen LogP contribution < -0.4 is 11.1 Å². The van der Waals surface area contributed by atoms with Crippen LogP contribution in [0.1, 0.15) is 57.7 Å². The Morgan fingerprint density at radius 2 is 1.94 bits per heavy atom. The van der Waals surface area contributed by atoms with E-state index in [0.717, 1.165) is 39.7 Å². The molecule has 1 spiro atoms. The van der Waals surface area contributed by atoms with Gasteiger partial charge in [0.05, 0.1) is 32.6 Å². The molecule has 0 unspecified atom stereocenters. The van der Waals surface area contributed by atoms with E-state index in [2.05, 4.69) is 20.4 Å². The molecule has 4 aromatic rings. The number of thiazole rings is 1. The Morgan fingerprint density at radius 3 is 2.64 bits per heavy atom. The average molecular weight is 524 g/mol. The number of rotatable bonds is 7. The van der Waals surface area contributed by atoms with Gasteiger partial charge in [0.25, 0.3) is 11.8 Å². The van der Waals surface area contributed by atoms with E-state index in [1.54, 1.807) is 15.4 Å². The quantitative estimate of drug-likeness (QED) is 0.384. The first-order valence-corrected chi connectivity index (χ1v) is 13.9. The van der Waals surface area contributed by atoms with Gasteiger partial charge >= 0.3 is 0 Å². The smallest absolute Gasteiger partial charge is 0.261 e. The number of carbonyl (C=O) groups is 2. The number of likely N-dealkylation sites (tertiary alicyclic amines) is 1. The number of aryl methyl sites for hydroxylation is 2. The second-order valence-corrected chi connectivity index (χ2v) is 11.9. The van der Waals surface area contributed by atoms with E-state index in [-0.39, 0.29) is 5.91 Å². The van der Waals surface area contributed by atoms with Crippen molar-refractivity contribution in [1.29, 1.82) is 0 Å². The van der Waals surface area contributed by atoms with Crippen LogP contribution in [0.2, 0.25) is 0 Å². The van der Waals surface area contributed by atoms with E-state index in [0.29, 0.717) is 27.4 Å². The van der Waals surface area contributed by atoms with Gasteiger partial charge in [0.2, 0.25) is 0 Å². The number of hydrogen-bond acceptors (Lipinski definition) is 7. The summed E-state index contributed by atoms with van der Waals surface area (Å²) in [4.78, 5) is 30.9. The summed E-state index contributed by atoms with van der Waals surface area (Å²) in [5, 5.41) is 11.9. The Kier molecular flexibility index (Phi) is 5.73. The van der Waals surface area contributed by atoms with Crippen LogP contribution in [0.3, 0.4) is 0 Å². The van der Waals surface area contributed by atoms with Gasteiger partial charge in [-0.25, -0.2) is 4.52 Å². The van der Waals surface area contributed by atoms with E-state index >= 15 is 0 Å². The van der Waals surface area contributed by atoms with Crippen LogP contribution in [0.4, 0.5) is 0 Å². The largest absolute Gasteiger partial charge is 0.365 e. The van der Waals surface area contributed by atoms with Gasteiger partial charge < -0.3 is 11.1 Å². The first-order valence-electron chi connectivity index (χ1n) is 12.3. The first-order chi connectivity index (χ1) is 17.4. The lowest BCUT2D eigenvalue weighted by molar-refractivity contribution is 0.0561. The third-order valence-corrected chi connectivity index (χ3v) is 10.1. The van der Waals surface area contributed by atoms with Gasteiger partial charge in [-0.1, -0.05) is 0 Å². The summed E-state index contributed by atoms with van der Waals surface area (Å²) in [7, 11) is 1.87. The molecule has 1 aliphatic carbocycles. The zero-order valence-electron chi connectivity index (χ0n) is 20.4. The third-order valence-electron chi connectivity index (χ3n) is 7.63. The van der Waals surface area contributed by atoms with E-state index in [9.17, 15) is 9.59 Å². The van der Waals surface area contributed by atoms with Crippen LogP contribution in [0.15, 0.2) is 24.7 Å². The van der Waals surface area contributed by atoms with E-state index < -0.39 is 5.91 Å². The standard InChI is InChI=1S/C25H29N7O2S2/c1-15-11-18(23(34)27-8-10-31-9-4-7-25(31)5-3-6-25)35-20(15)19-21(16-12-28-30(2)14-16)36-24-17(22(26)33)13-29-32(19)24/h11-14H,3-10H2,1-2H3,(H2,26,33)(H,27,34). The van der Waals surface area contributed by atoms with Crippen molar-refractivity contribution in [2.75, 3.05) is 19.6 Å². The van der Waals surface area contributed by atoms with Gasteiger partial charge in [-0.05, 0) is 57.2 Å². The van der Waals surface area contributed by atoms with Gasteiger partial charge in [0.1, 0.15) is 10.5 Å². The number of thiophene rings is 1. The molecule has 188 valence electrons. The molecule has 1 saturated carbocycles. The van der Waals surface area contributed by atoms with Crippen LogP contribution in [0.5, 0.6) is 0 Å². The first kappa shape index (κ1) is 23.4. The van der Waals surface area contributed by atoms with Crippen molar-refractivity contribution >= 4 is 39.3 Å². The molecule has 9 nitrogen and oxygen atoms in total. The fourth-order valence-electron chi connectivity index (χ4n) is 5.65. The minimum atomic E-state index is -0.514. The SMILES string of the molecule is Cc1cc(C(=O)NCCN2CCCC23CCC3)sc1-c1c(-c2cnn(C)c2)sc2c(C(N)=O)cnn12. The number of fused-ring (bicyclic) bond motifs is 1. The van der Waals surface area contributed by atoms with Crippen LogP contribution in [-0.2, 0) is 7.05 Å². The van der Waals surface area contributed by atoms with Gasteiger partial charge in [-0.15, -0.1) is 22.7 Å². The Morgan fingerprint density at radius 1 is 1.14 bits per heavy atom. The summed E-state index contributed by atoms with van der Waals surface area (Å²) in [6.07, 6.45) is 11.7. The maximum Gasteiger partial charge on any atom is 0.261 e. The summed E-state index contributed by atoms with van der Waals surface area (Å²) in [6, 6.07) is 1.94. The van der Waals surface area contributed by atoms with Crippen LogP contribution >= 0.6 is 22.7 Å². The van der Waals surface area contributed by atoms with Gasteiger partial charge in [0.15, 0.2) is 0 Å². The van der Waals surface area contributed by atoms with Gasteiger partial charge in [-0.2, -0.15) is 10.2 Å². The van der Waals surface area contributed by atoms with E-state index in [1.807, 2.05) is 26.2 Å². The predicted molar refractivity (Wildman–Crippen MR) is 142 cm³/mol. The van der Waals surface area contributed by atoms with Crippen molar-refractivity contribution in [1.82, 2.24) is 29.6 Å². The van der Waals surface area contributed by atoms with Gasteiger partial charge in [0, 0.05) is 37.4 Å². The molecule has 2 fully saturated rings. The Bertz CT molecular complexity index is 1470. The highest BCUT2D eigenvalue weighted by atomic mass is 32.1. The number of carbonyl (C=O) groups excluding carboxylic acids is 2. The minimum Gasteiger partial charge on any atom is -0.365 e. The molecule has 11 heteroatoms. The lowest BCUT2D eigenvalue weighted by atomic mass is 9.75. The van der Waals surface area contributed by atoms with Crippen molar-refractivity contribution in [3.05, 3.63) is 40.7 Å². The van der Waals surface area contributed by atoms with Crippen LogP contribution in [-0.4, -0.2) is 61.3 Å².